The monoisotopic (exact) mass is 282 g/mol. The van der Waals surface area contributed by atoms with E-state index < -0.39 is 5.95 Å². The number of benzene rings is 1. The van der Waals surface area contributed by atoms with Crippen LogP contribution in [-0.2, 0) is 0 Å². The van der Waals surface area contributed by atoms with Crippen molar-refractivity contribution in [2.45, 2.75) is 19.9 Å². The summed E-state index contributed by atoms with van der Waals surface area (Å²) in [6.07, 6.45) is 1.42. The van der Waals surface area contributed by atoms with Crippen LogP contribution >= 0.6 is 0 Å². The molecule has 0 aliphatic heterocycles. The predicted molar refractivity (Wildman–Crippen MR) is 79.0 cm³/mol. The van der Waals surface area contributed by atoms with Crippen LogP contribution in [0.5, 0.6) is 0 Å². The first-order chi connectivity index (χ1) is 10.2. The normalized spacial score (nSPS) is 11.0. The molecule has 0 spiro atoms. The largest absolute Gasteiger partial charge is 0.228 e. The zero-order valence-electron chi connectivity index (χ0n) is 11.9. The Hall–Kier alpha value is -2.56. The molecule has 1 aromatic carbocycles. The minimum Gasteiger partial charge on any atom is -0.228 e. The second-order valence-electron chi connectivity index (χ2n) is 5.02. The first kappa shape index (κ1) is 13.4. The molecule has 0 fully saturated rings. The highest BCUT2D eigenvalue weighted by Crippen LogP contribution is 2.30. The molecular weight excluding hydrogens is 267 g/mol. The second kappa shape index (κ2) is 5.44. The van der Waals surface area contributed by atoms with Crippen LogP contribution in [0.2, 0.25) is 0 Å². The van der Waals surface area contributed by atoms with E-state index in [0.717, 1.165) is 5.56 Å². The number of rotatable bonds is 3. The van der Waals surface area contributed by atoms with Gasteiger partial charge in [-0.25, -0.2) is 4.98 Å². The Morgan fingerprint density at radius 2 is 1.67 bits per heavy atom. The van der Waals surface area contributed by atoms with E-state index in [9.17, 15) is 4.39 Å². The molecule has 21 heavy (non-hydrogen) atoms. The van der Waals surface area contributed by atoms with Gasteiger partial charge in [0.1, 0.15) is 11.4 Å². The highest BCUT2D eigenvalue weighted by molar-refractivity contribution is 5.77. The van der Waals surface area contributed by atoms with E-state index >= 15 is 0 Å². The molecule has 3 rings (SSSR count). The Balaban J connectivity index is 2.22. The summed E-state index contributed by atoms with van der Waals surface area (Å²) in [6, 6.07) is 13.1. The Kier molecular flexibility index (Phi) is 3.48. The average molecular weight is 282 g/mol. The van der Waals surface area contributed by atoms with Crippen molar-refractivity contribution in [1.29, 1.82) is 0 Å². The van der Waals surface area contributed by atoms with Gasteiger partial charge in [-0.15, -0.1) is 0 Å². The molecule has 4 nitrogen and oxygen atoms in total. The van der Waals surface area contributed by atoms with Gasteiger partial charge in [-0.05, 0) is 26.0 Å². The average Bonchev–Trinajstić information content (AvgIpc) is 2.94. The maximum absolute atomic E-state index is 14.0. The molecule has 0 bridgehead atoms. The van der Waals surface area contributed by atoms with Gasteiger partial charge in [0.15, 0.2) is 0 Å². The van der Waals surface area contributed by atoms with Gasteiger partial charge in [-0.1, -0.05) is 30.3 Å². The molecule has 106 valence electrons. The number of hydrogen-bond acceptors (Lipinski definition) is 3. The van der Waals surface area contributed by atoms with Crippen LogP contribution in [0.25, 0.3) is 22.5 Å². The Morgan fingerprint density at radius 1 is 0.952 bits per heavy atom. The minimum atomic E-state index is -0.537. The summed E-state index contributed by atoms with van der Waals surface area (Å²) in [5, 5.41) is 8.95. The van der Waals surface area contributed by atoms with E-state index in [-0.39, 0.29) is 6.04 Å². The van der Waals surface area contributed by atoms with Crippen molar-refractivity contribution in [1.82, 2.24) is 20.0 Å². The van der Waals surface area contributed by atoms with E-state index in [1.165, 1.54) is 6.20 Å². The van der Waals surface area contributed by atoms with Crippen LogP contribution < -0.4 is 0 Å². The first-order valence-corrected chi connectivity index (χ1v) is 6.80. The summed E-state index contributed by atoms with van der Waals surface area (Å²) in [7, 11) is 0. The molecule has 0 aliphatic rings. The van der Waals surface area contributed by atoms with E-state index in [4.69, 9.17) is 0 Å². The van der Waals surface area contributed by atoms with Crippen LogP contribution in [0.4, 0.5) is 4.39 Å². The SMILES string of the molecule is CC(C)n1nc(-c2ccccc2)c(-c2cccnc2F)n1. The van der Waals surface area contributed by atoms with Crippen molar-refractivity contribution in [2.24, 2.45) is 0 Å². The molecule has 0 amide bonds. The zero-order valence-corrected chi connectivity index (χ0v) is 11.9. The lowest BCUT2D eigenvalue weighted by Crippen LogP contribution is -2.04. The van der Waals surface area contributed by atoms with Gasteiger partial charge < -0.3 is 0 Å². The van der Waals surface area contributed by atoms with Crippen LogP contribution in [0.15, 0.2) is 48.7 Å². The molecule has 2 heterocycles. The topological polar surface area (TPSA) is 43.6 Å². The van der Waals surface area contributed by atoms with E-state index in [1.807, 2.05) is 44.2 Å². The lowest BCUT2D eigenvalue weighted by molar-refractivity contribution is 0.468. The van der Waals surface area contributed by atoms with Crippen LogP contribution in [0, 0.1) is 5.95 Å². The number of halogens is 1. The first-order valence-electron chi connectivity index (χ1n) is 6.80. The molecule has 0 unspecified atom stereocenters. The molecule has 0 saturated heterocycles. The summed E-state index contributed by atoms with van der Waals surface area (Å²) in [6.45, 7) is 3.97. The van der Waals surface area contributed by atoms with Gasteiger partial charge in [0, 0.05) is 11.8 Å². The van der Waals surface area contributed by atoms with Crippen molar-refractivity contribution in [3.05, 3.63) is 54.6 Å². The van der Waals surface area contributed by atoms with Crippen molar-refractivity contribution >= 4 is 0 Å². The fourth-order valence-electron chi connectivity index (χ4n) is 2.09. The van der Waals surface area contributed by atoms with E-state index in [2.05, 4.69) is 15.2 Å². The molecule has 0 aliphatic carbocycles. The fourth-order valence-corrected chi connectivity index (χ4v) is 2.09. The van der Waals surface area contributed by atoms with Gasteiger partial charge in [-0.3, -0.25) is 0 Å². The lowest BCUT2D eigenvalue weighted by atomic mass is 10.1. The highest BCUT2D eigenvalue weighted by Gasteiger charge is 2.19. The number of pyridine rings is 1. The van der Waals surface area contributed by atoms with Gasteiger partial charge in [0.05, 0.1) is 11.6 Å². The van der Waals surface area contributed by atoms with Crippen molar-refractivity contribution < 1.29 is 4.39 Å². The standard InChI is InChI=1S/C16H15FN4/c1-11(2)21-19-14(12-7-4-3-5-8-12)15(20-21)13-9-6-10-18-16(13)17/h3-11H,1-2H3. The van der Waals surface area contributed by atoms with Gasteiger partial charge in [-0.2, -0.15) is 19.4 Å². The number of nitrogens with zero attached hydrogens (tertiary/aromatic N) is 4. The van der Waals surface area contributed by atoms with E-state index in [0.29, 0.717) is 17.0 Å². The van der Waals surface area contributed by atoms with Crippen molar-refractivity contribution in [2.75, 3.05) is 0 Å². The Bertz CT molecular complexity index is 750. The van der Waals surface area contributed by atoms with Crippen molar-refractivity contribution in [3.8, 4) is 22.5 Å². The van der Waals surface area contributed by atoms with Crippen LogP contribution in [-0.4, -0.2) is 20.0 Å². The minimum absolute atomic E-state index is 0.0981. The third kappa shape index (κ3) is 2.54. The molecule has 0 atom stereocenters. The quantitative estimate of drug-likeness (QED) is 0.687. The summed E-state index contributed by atoms with van der Waals surface area (Å²) >= 11 is 0. The molecule has 3 aromatic rings. The molecule has 0 radical (unpaired) electrons. The Labute approximate surface area is 122 Å². The third-order valence-electron chi connectivity index (χ3n) is 3.15. The molecule has 5 heteroatoms. The second-order valence-corrected chi connectivity index (χ2v) is 5.02. The van der Waals surface area contributed by atoms with Crippen LogP contribution in [0.3, 0.4) is 0 Å². The molecule has 2 aromatic heterocycles. The molecule has 0 N–H and O–H groups in total. The lowest BCUT2D eigenvalue weighted by Gasteiger charge is -2.01. The van der Waals surface area contributed by atoms with Gasteiger partial charge >= 0.3 is 0 Å². The van der Waals surface area contributed by atoms with Gasteiger partial charge in [0.25, 0.3) is 0 Å². The third-order valence-corrected chi connectivity index (χ3v) is 3.15. The summed E-state index contributed by atoms with van der Waals surface area (Å²) in [5.74, 6) is -0.537. The fraction of sp³-hybridized carbons (Fsp3) is 0.188. The summed E-state index contributed by atoms with van der Waals surface area (Å²) in [4.78, 5) is 5.30. The number of hydrogen-bond donors (Lipinski definition) is 0. The summed E-state index contributed by atoms with van der Waals surface area (Å²) < 4.78 is 14.0. The summed E-state index contributed by atoms with van der Waals surface area (Å²) in [5.41, 5.74) is 2.45. The smallest absolute Gasteiger partial charge is 0.222 e. The maximum Gasteiger partial charge on any atom is 0.222 e. The predicted octanol–water partition coefficient (Wildman–Crippen LogP) is 3.73. The van der Waals surface area contributed by atoms with Gasteiger partial charge in [0.2, 0.25) is 5.95 Å². The Morgan fingerprint density at radius 3 is 2.33 bits per heavy atom. The van der Waals surface area contributed by atoms with Crippen molar-refractivity contribution in [3.63, 3.8) is 0 Å². The zero-order chi connectivity index (χ0) is 14.8. The molecule has 0 saturated carbocycles. The van der Waals surface area contributed by atoms with Crippen LogP contribution in [0.1, 0.15) is 19.9 Å². The van der Waals surface area contributed by atoms with E-state index in [1.54, 1.807) is 16.9 Å². The molecular formula is C16H15FN4. The number of aromatic nitrogens is 4. The highest BCUT2D eigenvalue weighted by atomic mass is 19.1. The maximum atomic E-state index is 14.0.